The van der Waals surface area contributed by atoms with Gasteiger partial charge in [-0.15, -0.1) is 0 Å². The molecule has 1 aromatic heterocycles. The van der Waals surface area contributed by atoms with Crippen LogP contribution in [0.5, 0.6) is 0 Å². The predicted molar refractivity (Wildman–Crippen MR) is 53.2 cm³/mol. The van der Waals surface area contributed by atoms with E-state index in [1.807, 2.05) is 0 Å². The number of aromatic nitrogens is 1. The number of anilines is 2. The van der Waals surface area contributed by atoms with E-state index >= 15 is 0 Å². The number of rotatable bonds is 5. The van der Waals surface area contributed by atoms with E-state index in [1.54, 1.807) is 0 Å². The molecular weight excluding hydrogens is 224 g/mol. The van der Waals surface area contributed by atoms with Crippen LogP contribution in [0.2, 0.25) is 0 Å². The van der Waals surface area contributed by atoms with Crippen LogP contribution in [0.3, 0.4) is 0 Å². The summed E-state index contributed by atoms with van der Waals surface area (Å²) < 4.78 is 23.9. The predicted octanol–water partition coefficient (Wildman–Crippen LogP) is 0.952. The van der Waals surface area contributed by atoms with E-state index in [0.717, 1.165) is 6.07 Å². The van der Waals surface area contributed by atoms with Gasteiger partial charge in [0.2, 0.25) is 5.82 Å². The van der Waals surface area contributed by atoms with Gasteiger partial charge in [0.05, 0.1) is 11.5 Å². The summed E-state index contributed by atoms with van der Waals surface area (Å²) in [5, 5.41) is 12.7. The fraction of sp³-hybridized carbons (Fsp3) is 0.286. The lowest BCUT2D eigenvalue weighted by atomic mass is 10.3. The molecule has 0 saturated carbocycles. The molecule has 16 heavy (non-hydrogen) atoms. The Morgan fingerprint density at radius 2 is 2.25 bits per heavy atom. The van der Waals surface area contributed by atoms with Crippen molar-refractivity contribution < 1.29 is 13.7 Å². The van der Waals surface area contributed by atoms with Crippen molar-refractivity contribution in [2.24, 2.45) is 5.84 Å². The van der Waals surface area contributed by atoms with E-state index in [2.05, 4.69) is 15.7 Å². The van der Waals surface area contributed by atoms with Gasteiger partial charge in [0, 0.05) is 6.07 Å². The second kappa shape index (κ2) is 5.16. The van der Waals surface area contributed by atoms with Crippen molar-refractivity contribution in [2.75, 3.05) is 17.3 Å². The van der Waals surface area contributed by atoms with Gasteiger partial charge in [-0.2, -0.15) is 0 Å². The Bertz CT molecular complexity index is 387. The molecule has 7 nitrogen and oxygen atoms in total. The summed E-state index contributed by atoms with van der Waals surface area (Å²) in [4.78, 5) is 13.5. The Labute approximate surface area is 88.8 Å². The largest absolute Gasteiger partial charge is 0.359 e. The quantitative estimate of drug-likeness (QED) is 0.397. The maximum atomic E-state index is 11.9. The zero-order valence-electron chi connectivity index (χ0n) is 7.98. The van der Waals surface area contributed by atoms with Crippen LogP contribution in [0, 0.1) is 10.1 Å². The lowest BCUT2D eigenvalue weighted by Gasteiger charge is -2.07. The first-order valence-electron chi connectivity index (χ1n) is 4.18. The van der Waals surface area contributed by atoms with Crippen molar-refractivity contribution in [3.63, 3.8) is 0 Å². The van der Waals surface area contributed by atoms with Crippen molar-refractivity contribution in [1.82, 2.24) is 4.98 Å². The smallest absolute Gasteiger partial charge is 0.311 e. The van der Waals surface area contributed by atoms with Crippen LogP contribution < -0.4 is 16.6 Å². The van der Waals surface area contributed by atoms with Gasteiger partial charge in [-0.1, -0.05) is 0 Å². The number of nitro groups is 1. The van der Waals surface area contributed by atoms with E-state index in [0.29, 0.717) is 0 Å². The third-order valence-corrected chi connectivity index (χ3v) is 1.64. The maximum Gasteiger partial charge on any atom is 0.311 e. The Hall–Kier alpha value is -2.03. The number of hydrazine groups is 1. The van der Waals surface area contributed by atoms with E-state index < -0.39 is 17.9 Å². The van der Waals surface area contributed by atoms with Gasteiger partial charge >= 0.3 is 5.69 Å². The molecule has 0 bridgehead atoms. The number of halogens is 2. The van der Waals surface area contributed by atoms with Crippen LogP contribution in [0.1, 0.15) is 0 Å². The normalized spacial score (nSPS) is 10.2. The Morgan fingerprint density at radius 1 is 1.56 bits per heavy atom. The first kappa shape index (κ1) is 12.0. The molecule has 0 radical (unpaired) electrons. The Morgan fingerprint density at radius 3 is 2.75 bits per heavy atom. The minimum absolute atomic E-state index is 0.141. The summed E-state index contributed by atoms with van der Waals surface area (Å²) in [5.74, 6) is 4.93. The first-order valence-corrected chi connectivity index (χ1v) is 4.18. The van der Waals surface area contributed by atoms with Crippen LogP contribution in [0.15, 0.2) is 12.1 Å². The van der Waals surface area contributed by atoms with Gasteiger partial charge < -0.3 is 10.7 Å². The number of nitrogens with zero attached hydrogens (tertiary/aromatic N) is 2. The standard InChI is InChI=1S/C7H9F2N5O2/c8-5(9)3-11-7-4(14(15)16)1-2-6(12-7)13-10/h1-2,5H,3,10H2,(H2,11,12,13). The molecule has 1 aromatic rings. The molecule has 0 aliphatic carbocycles. The fourth-order valence-electron chi connectivity index (χ4n) is 0.983. The Kier molecular flexibility index (Phi) is 3.89. The summed E-state index contributed by atoms with van der Waals surface area (Å²) in [6.07, 6.45) is -2.63. The molecule has 4 N–H and O–H groups in total. The summed E-state index contributed by atoms with van der Waals surface area (Å²) in [6.45, 7) is -0.720. The average molecular weight is 233 g/mol. The van der Waals surface area contributed by atoms with Gasteiger partial charge in [0.1, 0.15) is 5.82 Å². The molecule has 0 amide bonds. The van der Waals surface area contributed by atoms with Crippen LogP contribution >= 0.6 is 0 Å². The van der Waals surface area contributed by atoms with Crippen molar-refractivity contribution in [3.8, 4) is 0 Å². The maximum absolute atomic E-state index is 11.9. The molecule has 0 saturated heterocycles. The minimum atomic E-state index is -2.63. The highest BCUT2D eigenvalue weighted by molar-refractivity contribution is 5.59. The summed E-state index contributed by atoms with van der Waals surface area (Å²) in [5.41, 5.74) is 1.77. The third-order valence-electron chi connectivity index (χ3n) is 1.64. The number of pyridine rings is 1. The van der Waals surface area contributed by atoms with Crippen molar-refractivity contribution >= 4 is 17.3 Å². The number of hydrogen-bond acceptors (Lipinski definition) is 6. The second-order valence-electron chi connectivity index (χ2n) is 2.74. The van der Waals surface area contributed by atoms with E-state index in [-0.39, 0.29) is 17.3 Å². The molecular formula is C7H9F2N5O2. The number of hydrogen-bond donors (Lipinski definition) is 3. The first-order chi connectivity index (χ1) is 7.54. The minimum Gasteiger partial charge on any atom is -0.359 e. The molecule has 1 rings (SSSR count). The third kappa shape index (κ3) is 2.98. The zero-order valence-corrected chi connectivity index (χ0v) is 7.98. The fourth-order valence-corrected chi connectivity index (χ4v) is 0.983. The lowest BCUT2D eigenvalue weighted by molar-refractivity contribution is -0.384. The van der Waals surface area contributed by atoms with Crippen LogP contribution in [-0.4, -0.2) is 22.9 Å². The molecule has 0 unspecified atom stereocenters. The molecule has 0 aliphatic rings. The molecule has 0 aromatic carbocycles. The number of nitrogen functional groups attached to an aromatic ring is 1. The highest BCUT2D eigenvalue weighted by atomic mass is 19.3. The second-order valence-corrected chi connectivity index (χ2v) is 2.74. The van der Waals surface area contributed by atoms with Crippen molar-refractivity contribution in [3.05, 3.63) is 22.2 Å². The van der Waals surface area contributed by atoms with Crippen molar-refractivity contribution in [1.29, 1.82) is 0 Å². The number of alkyl halides is 2. The van der Waals surface area contributed by atoms with Gasteiger partial charge in [-0.3, -0.25) is 10.1 Å². The lowest BCUT2D eigenvalue weighted by Crippen LogP contribution is -2.15. The molecule has 0 spiro atoms. The van der Waals surface area contributed by atoms with Gasteiger partial charge in [-0.25, -0.2) is 19.6 Å². The Balaban J connectivity index is 2.96. The highest BCUT2D eigenvalue weighted by Crippen LogP contribution is 2.23. The molecule has 0 atom stereocenters. The number of nitrogens with one attached hydrogen (secondary N) is 2. The van der Waals surface area contributed by atoms with Crippen LogP contribution in [0.25, 0.3) is 0 Å². The number of nitrogens with two attached hydrogens (primary N) is 1. The molecule has 88 valence electrons. The van der Waals surface area contributed by atoms with E-state index in [9.17, 15) is 18.9 Å². The average Bonchev–Trinajstić information content (AvgIpc) is 2.25. The molecule has 9 heteroatoms. The summed E-state index contributed by atoms with van der Waals surface area (Å²) in [7, 11) is 0. The highest BCUT2D eigenvalue weighted by Gasteiger charge is 2.16. The topological polar surface area (TPSA) is 106 Å². The van der Waals surface area contributed by atoms with Crippen molar-refractivity contribution in [2.45, 2.75) is 6.43 Å². The van der Waals surface area contributed by atoms with Crippen LogP contribution in [0.4, 0.5) is 26.1 Å². The van der Waals surface area contributed by atoms with E-state index in [4.69, 9.17) is 5.84 Å². The summed E-state index contributed by atoms with van der Waals surface area (Å²) >= 11 is 0. The van der Waals surface area contributed by atoms with Gasteiger partial charge in [-0.05, 0) is 6.07 Å². The zero-order chi connectivity index (χ0) is 12.1. The molecule has 1 heterocycles. The van der Waals surface area contributed by atoms with Gasteiger partial charge in [0.25, 0.3) is 6.43 Å². The molecule has 0 fully saturated rings. The monoisotopic (exact) mass is 233 g/mol. The molecule has 0 aliphatic heterocycles. The van der Waals surface area contributed by atoms with Gasteiger partial charge in [0.15, 0.2) is 0 Å². The van der Waals surface area contributed by atoms with Crippen LogP contribution in [-0.2, 0) is 0 Å². The SMILES string of the molecule is NNc1ccc([N+](=O)[O-])c(NCC(F)F)n1. The summed E-state index contributed by atoms with van der Waals surface area (Å²) in [6, 6.07) is 2.39. The van der Waals surface area contributed by atoms with E-state index in [1.165, 1.54) is 6.07 Å².